The topological polar surface area (TPSA) is 58.6 Å². The van der Waals surface area contributed by atoms with Crippen molar-refractivity contribution < 1.29 is 27.5 Å². The molecule has 1 heterocycles. The van der Waals surface area contributed by atoms with Crippen molar-refractivity contribution in [1.29, 1.82) is 0 Å². The number of benzene rings is 2. The zero-order valence-corrected chi connectivity index (χ0v) is 15.6. The summed E-state index contributed by atoms with van der Waals surface area (Å²) in [5, 5.41) is 2.63. The number of alkyl halides is 3. The Morgan fingerprint density at radius 1 is 1.21 bits per heavy atom. The molecule has 1 saturated heterocycles. The highest BCUT2D eigenvalue weighted by molar-refractivity contribution is 8.01. The molecule has 3 rings (SSSR count). The van der Waals surface area contributed by atoms with Crippen molar-refractivity contribution in [2.45, 2.75) is 24.6 Å². The first-order valence-corrected chi connectivity index (χ1v) is 9.43. The molecule has 0 aliphatic carbocycles. The number of carbonyl (C=O) groups is 2. The van der Waals surface area contributed by atoms with Crippen LogP contribution in [-0.2, 0) is 15.7 Å². The van der Waals surface area contributed by atoms with E-state index < -0.39 is 29.2 Å². The number of nitrogens with zero attached hydrogens (tertiary/aromatic N) is 1. The van der Waals surface area contributed by atoms with Crippen LogP contribution in [0.3, 0.4) is 0 Å². The Labute approximate surface area is 163 Å². The van der Waals surface area contributed by atoms with Crippen molar-refractivity contribution in [2.24, 2.45) is 0 Å². The molecular weight excluding hydrogens is 393 g/mol. The summed E-state index contributed by atoms with van der Waals surface area (Å²) in [7, 11) is 0. The minimum Gasteiger partial charge on any atom is -0.425 e. The maximum absolute atomic E-state index is 12.9. The van der Waals surface area contributed by atoms with Gasteiger partial charge in [0.2, 0.25) is 5.44 Å². The van der Waals surface area contributed by atoms with Crippen LogP contribution in [0.2, 0.25) is 0 Å². The summed E-state index contributed by atoms with van der Waals surface area (Å²) < 4.78 is 43.8. The molecule has 1 unspecified atom stereocenters. The summed E-state index contributed by atoms with van der Waals surface area (Å²) >= 11 is 1.03. The lowest BCUT2D eigenvalue weighted by Gasteiger charge is -2.18. The molecule has 9 heteroatoms. The van der Waals surface area contributed by atoms with E-state index in [0.717, 1.165) is 29.5 Å². The summed E-state index contributed by atoms with van der Waals surface area (Å²) in [4.78, 5) is 25.7. The number of halogens is 3. The van der Waals surface area contributed by atoms with Gasteiger partial charge in [-0.25, -0.2) is 4.79 Å². The standard InChI is InChI=1S/C19H17F3N2O3S/c1-12(13-6-3-2-4-7-13)23-18(26)27-17-16(25)24(11-28-17)15-9-5-8-14(10-15)19(20,21)22/h2-10,12,17H,11H2,1H3,(H,23,26)/t12?,17-/m0/s1. The van der Waals surface area contributed by atoms with Gasteiger partial charge < -0.3 is 10.1 Å². The second-order valence-electron chi connectivity index (χ2n) is 6.12. The molecule has 1 N–H and O–H groups in total. The third kappa shape index (κ3) is 4.59. The number of thioether (sulfide) groups is 1. The number of amides is 2. The van der Waals surface area contributed by atoms with E-state index >= 15 is 0 Å². The largest absolute Gasteiger partial charge is 0.425 e. The van der Waals surface area contributed by atoms with Crippen LogP contribution in [0.15, 0.2) is 54.6 Å². The lowest BCUT2D eigenvalue weighted by Crippen LogP contribution is -2.35. The highest BCUT2D eigenvalue weighted by Crippen LogP contribution is 2.35. The number of rotatable bonds is 4. The molecule has 0 spiro atoms. The Balaban J connectivity index is 1.62. The summed E-state index contributed by atoms with van der Waals surface area (Å²) in [6.45, 7) is 1.77. The summed E-state index contributed by atoms with van der Waals surface area (Å²) in [5.41, 5.74) is -0.981. The van der Waals surface area contributed by atoms with Gasteiger partial charge in [0.25, 0.3) is 5.91 Å². The average Bonchev–Trinajstić information content (AvgIpc) is 3.02. The third-order valence-electron chi connectivity index (χ3n) is 4.16. The fourth-order valence-electron chi connectivity index (χ4n) is 2.67. The second kappa shape index (κ2) is 8.14. The summed E-state index contributed by atoms with van der Waals surface area (Å²) in [6, 6.07) is 13.4. The van der Waals surface area contributed by atoms with Crippen molar-refractivity contribution >= 4 is 29.4 Å². The lowest BCUT2D eigenvalue weighted by molar-refractivity contribution is -0.137. The number of anilines is 1. The van der Waals surface area contributed by atoms with Crippen LogP contribution in [-0.4, -0.2) is 23.3 Å². The van der Waals surface area contributed by atoms with E-state index in [4.69, 9.17) is 4.74 Å². The van der Waals surface area contributed by atoms with Gasteiger partial charge in [0.15, 0.2) is 0 Å². The molecule has 2 amide bonds. The summed E-state index contributed by atoms with van der Waals surface area (Å²) in [5.74, 6) is -0.487. The van der Waals surface area contributed by atoms with Crippen molar-refractivity contribution in [3.8, 4) is 0 Å². The smallest absolute Gasteiger partial charge is 0.416 e. The first-order valence-electron chi connectivity index (χ1n) is 8.38. The van der Waals surface area contributed by atoms with Gasteiger partial charge in [-0.05, 0) is 30.7 Å². The predicted octanol–water partition coefficient (Wildman–Crippen LogP) is 4.56. The van der Waals surface area contributed by atoms with Gasteiger partial charge in [-0.15, -0.1) is 0 Å². The molecule has 5 nitrogen and oxygen atoms in total. The van der Waals surface area contributed by atoms with Crippen molar-refractivity contribution in [3.05, 3.63) is 65.7 Å². The lowest BCUT2D eigenvalue weighted by atomic mass is 10.1. The molecule has 1 aliphatic rings. The van der Waals surface area contributed by atoms with E-state index in [2.05, 4.69) is 5.32 Å². The van der Waals surface area contributed by atoms with E-state index in [1.807, 2.05) is 30.3 Å². The minimum absolute atomic E-state index is 0.0896. The fourth-order valence-corrected chi connectivity index (χ4v) is 3.66. The number of hydrogen-bond acceptors (Lipinski definition) is 4. The fraction of sp³-hybridized carbons (Fsp3) is 0.263. The Bertz CT molecular complexity index is 861. The minimum atomic E-state index is -4.50. The van der Waals surface area contributed by atoms with Gasteiger partial charge in [-0.2, -0.15) is 13.2 Å². The van der Waals surface area contributed by atoms with Crippen LogP contribution < -0.4 is 10.2 Å². The molecule has 1 aliphatic heterocycles. The molecule has 148 valence electrons. The van der Waals surface area contributed by atoms with E-state index in [1.54, 1.807) is 6.92 Å². The molecule has 0 saturated carbocycles. The number of nitrogens with one attached hydrogen (secondary N) is 1. The van der Waals surface area contributed by atoms with Gasteiger partial charge in [-0.3, -0.25) is 9.69 Å². The highest BCUT2D eigenvalue weighted by atomic mass is 32.2. The van der Waals surface area contributed by atoms with Gasteiger partial charge in [0.1, 0.15) is 0 Å². The van der Waals surface area contributed by atoms with E-state index in [1.165, 1.54) is 17.0 Å². The third-order valence-corrected chi connectivity index (χ3v) is 5.16. The highest BCUT2D eigenvalue weighted by Gasteiger charge is 2.38. The molecule has 0 bridgehead atoms. The zero-order valence-electron chi connectivity index (χ0n) is 14.8. The van der Waals surface area contributed by atoms with Gasteiger partial charge in [0.05, 0.1) is 17.5 Å². The molecule has 0 radical (unpaired) electrons. The van der Waals surface area contributed by atoms with Crippen molar-refractivity contribution in [3.63, 3.8) is 0 Å². The van der Waals surface area contributed by atoms with Gasteiger partial charge in [0, 0.05) is 5.69 Å². The van der Waals surface area contributed by atoms with E-state index in [-0.39, 0.29) is 17.6 Å². The molecule has 2 aromatic rings. The first-order chi connectivity index (χ1) is 13.3. The molecule has 28 heavy (non-hydrogen) atoms. The monoisotopic (exact) mass is 410 g/mol. The Morgan fingerprint density at radius 3 is 2.61 bits per heavy atom. The molecular formula is C19H17F3N2O3S. The molecule has 1 fully saturated rings. The SMILES string of the molecule is CC(NC(=O)O[C@H]1SCN(c2cccc(C(F)(F)F)c2)C1=O)c1ccccc1. The predicted molar refractivity (Wildman–Crippen MR) is 99.6 cm³/mol. The van der Waals surface area contributed by atoms with Gasteiger partial charge >= 0.3 is 12.3 Å². The van der Waals surface area contributed by atoms with Crippen LogP contribution in [0.4, 0.5) is 23.7 Å². The number of ether oxygens (including phenoxy) is 1. The van der Waals surface area contributed by atoms with Crippen LogP contribution in [0.25, 0.3) is 0 Å². The maximum atomic E-state index is 12.9. The van der Waals surface area contributed by atoms with E-state index in [0.29, 0.717) is 0 Å². The zero-order chi connectivity index (χ0) is 20.3. The molecule has 2 aromatic carbocycles. The van der Waals surface area contributed by atoms with Crippen molar-refractivity contribution in [2.75, 3.05) is 10.8 Å². The second-order valence-corrected chi connectivity index (χ2v) is 7.14. The van der Waals surface area contributed by atoms with Crippen LogP contribution in [0, 0.1) is 0 Å². The number of carbonyl (C=O) groups excluding carboxylic acids is 2. The Kier molecular flexibility index (Phi) is 5.83. The molecule has 2 atom stereocenters. The quantitative estimate of drug-likeness (QED) is 0.803. The Hall–Kier alpha value is -2.68. The molecule has 0 aromatic heterocycles. The Morgan fingerprint density at radius 2 is 1.93 bits per heavy atom. The maximum Gasteiger partial charge on any atom is 0.416 e. The van der Waals surface area contributed by atoms with Crippen LogP contribution in [0.1, 0.15) is 24.1 Å². The van der Waals surface area contributed by atoms with E-state index in [9.17, 15) is 22.8 Å². The summed E-state index contributed by atoms with van der Waals surface area (Å²) in [6.07, 6.45) is -5.27. The van der Waals surface area contributed by atoms with Crippen LogP contribution >= 0.6 is 11.8 Å². The van der Waals surface area contributed by atoms with Gasteiger partial charge in [-0.1, -0.05) is 48.2 Å². The number of alkyl carbamates (subject to hydrolysis) is 1. The average molecular weight is 410 g/mol. The first kappa shape index (κ1) is 20.1. The van der Waals surface area contributed by atoms with Crippen LogP contribution in [0.5, 0.6) is 0 Å². The normalized spacial score (nSPS) is 18.1. The number of hydrogen-bond donors (Lipinski definition) is 1. The van der Waals surface area contributed by atoms with Crippen molar-refractivity contribution in [1.82, 2.24) is 5.32 Å².